The molecule has 0 fully saturated rings. The molecule has 0 bridgehead atoms. The van der Waals surface area contributed by atoms with Gasteiger partial charge < -0.3 is 5.73 Å². The molecule has 138 valence electrons. The first kappa shape index (κ1) is 17.3. The summed E-state index contributed by atoms with van der Waals surface area (Å²) in [7, 11) is 0. The summed E-state index contributed by atoms with van der Waals surface area (Å²) in [6, 6.07) is 40.4. The zero-order valence-corrected chi connectivity index (χ0v) is 16.0. The lowest BCUT2D eigenvalue weighted by Gasteiger charge is -2.12. The summed E-state index contributed by atoms with van der Waals surface area (Å²) in [5.74, 6) is 0. The van der Waals surface area contributed by atoms with E-state index < -0.39 is 0 Å². The summed E-state index contributed by atoms with van der Waals surface area (Å²) in [5.41, 5.74) is 14.0. The van der Waals surface area contributed by atoms with Gasteiger partial charge in [-0.15, -0.1) is 0 Å². The lowest BCUT2D eigenvalue weighted by atomic mass is 9.92. The smallest absolute Gasteiger partial charge is 0.0320 e. The Hall–Kier alpha value is -3.84. The summed E-state index contributed by atoms with van der Waals surface area (Å²) in [5, 5.41) is 2.52. The highest BCUT2D eigenvalue weighted by molar-refractivity contribution is 5.89. The van der Waals surface area contributed by atoms with Gasteiger partial charge in [0.2, 0.25) is 0 Å². The fourth-order valence-electron chi connectivity index (χ4n) is 3.88. The predicted octanol–water partition coefficient (Wildman–Crippen LogP) is 7.42. The van der Waals surface area contributed by atoms with Gasteiger partial charge in [0.05, 0.1) is 0 Å². The van der Waals surface area contributed by atoms with Crippen molar-refractivity contribution in [2.24, 2.45) is 0 Å². The monoisotopic (exact) mass is 371 g/mol. The molecule has 5 rings (SSSR count). The highest BCUT2D eigenvalue weighted by Gasteiger charge is 2.09. The van der Waals surface area contributed by atoms with Gasteiger partial charge in [-0.1, -0.05) is 97.1 Å². The second-order valence-electron chi connectivity index (χ2n) is 7.31. The van der Waals surface area contributed by atoms with Crippen molar-refractivity contribution in [2.45, 2.75) is 0 Å². The Morgan fingerprint density at radius 1 is 0.379 bits per heavy atom. The van der Waals surface area contributed by atoms with Crippen molar-refractivity contribution < 1.29 is 0 Å². The standard InChI is InChI=1S/C28H21N/c29-26-16-17-27(22-7-2-1-3-8-22)28(19-26)23-13-10-21(11-14-23)25-15-12-20-6-4-5-9-24(20)18-25/h1-19H,29H2. The molecule has 1 nitrogen and oxygen atoms in total. The maximum Gasteiger partial charge on any atom is 0.0320 e. The van der Waals surface area contributed by atoms with Crippen LogP contribution in [0, 0.1) is 0 Å². The maximum absolute atomic E-state index is 6.12. The first-order chi connectivity index (χ1) is 14.3. The number of anilines is 1. The van der Waals surface area contributed by atoms with Crippen LogP contribution in [0.3, 0.4) is 0 Å². The van der Waals surface area contributed by atoms with Crippen molar-refractivity contribution in [3.8, 4) is 33.4 Å². The Labute approximate surface area is 171 Å². The molecule has 0 spiro atoms. The van der Waals surface area contributed by atoms with E-state index in [-0.39, 0.29) is 0 Å². The van der Waals surface area contributed by atoms with E-state index in [4.69, 9.17) is 5.73 Å². The summed E-state index contributed by atoms with van der Waals surface area (Å²) in [6.45, 7) is 0. The molecular formula is C28H21N. The molecular weight excluding hydrogens is 350 g/mol. The molecule has 0 amide bonds. The largest absolute Gasteiger partial charge is 0.399 e. The van der Waals surface area contributed by atoms with E-state index in [1.54, 1.807) is 0 Å². The molecule has 0 aliphatic carbocycles. The van der Waals surface area contributed by atoms with Gasteiger partial charge >= 0.3 is 0 Å². The van der Waals surface area contributed by atoms with Gasteiger partial charge in [-0.2, -0.15) is 0 Å². The number of hydrogen-bond donors (Lipinski definition) is 1. The van der Waals surface area contributed by atoms with Gasteiger partial charge in [0.25, 0.3) is 0 Å². The SMILES string of the molecule is Nc1ccc(-c2ccccc2)c(-c2ccc(-c3ccc4ccccc4c3)cc2)c1. The van der Waals surface area contributed by atoms with Crippen LogP contribution in [0.5, 0.6) is 0 Å². The normalized spacial score (nSPS) is 10.9. The second-order valence-corrected chi connectivity index (χ2v) is 7.31. The number of fused-ring (bicyclic) bond motifs is 1. The van der Waals surface area contributed by atoms with Crippen LogP contribution in [0.15, 0.2) is 115 Å². The molecule has 5 aromatic rings. The van der Waals surface area contributed by atoms with E-state index in [1.807, 2.05) is 12.1 Å². The van der Waals surface area contributed by atoms with E-state index in [2.05, 4.69) is 103 Å². The summed E-state index contributed by atoms with van der Waals surface area (Å²) in [4.78, 5) is 0. The highest BCUT2D eigenvalue weighted by atomic mass is 14.5. The topological polar surface area (TPSA) is 26.0 Å². The van der Waals surface area contributed by atoms with Crippen LogP contribution < -0.4 is 5.73 Å². The molecule has 0 radical (unpaired) electrons. The predicted molar refractivity (Wildman–Crippen MR) is 125 cm³/mol. The van der Waals surface area contributed by atoms with Crippen molar-refractivity contribution in [2.75, 3.05) is 5.73 Å². The molecule has 0 aromatic heterocycles. The molecule has 0 aliphatic rings. The Bertz CT molecular complexity index is 1290. The molecule has 0 atom stereocenters. The highest BCUT2D eigenvalue weighted by Crippen LogP contribution is 2.35. The fourth-order valence-corrected chi connectivity index (χ4v) is 3.88. The van der Waals surface area contributed by atoms with Gasteiger partial charge in [-0.25, -0.2) is 0 Å². The van der Waals surface area contributed by atoms with Crippen molar-refractivity contribution >= 4 is 16.5 Å². The van der Waals surface area contributed by atoms with E-state index in [1.165, 1.54) is 38.6 Å². The van der Waals surface area contributed by atoms with Crippen molar-refractivity contribution in [3.63, 3.8) is 0 Å². The Morgan fingerprint density at radius 2 is 1.00 bits per heavy atom. The van der Waals surface area contributed by atoms with Gasteiger partial charge in [0, 0.05) is 5.69 Å². The van der Waals surface area contributed by atoms with Gasteiger partial charge in [0.1, 0.15) is 0 Å². The fraction of sp³-hybridized carbons (Fsp3) is 0. The van der Waals surface area contributed by atoms with Crippen LogP contribution in [0.4, 0.5) is 5.69 Å². The molecule has 0 saturated heterocycles. The number of rotatable bonds is 3. The van der Waals surface area contributed by atoms with E-state index >= 15 is 0 Å². The molecule has 0 aliphatic heterocycles. The third-order valence-electron chi connectivity index (χ3n) is 5.41. The zero-order chi connectivity index (χ0) is 19.6. The molecule has 1 heteroatoms. The minimum atomic E-state index is 0.776. The third-order valence-corrected chi connectivity index (χ3v) is 5.41. The first-order valence-electron chi connectivity index (χ1n) is 9.82. The number of nitrogen functional groups attached to an aromatic ring is 1. The zero-order valence-electron chi connectivity index (χ0n) is 16.0. The maximum atomic E-state index is 6.12. The number of benzene rings is 5. The van der Waals surface area contributed by atoms with Crippen LogP contribution >= 0.6 is 0 Å². The average molecular weight is 371 g/mol. The van der Waals surface area contributed by atoms with Gasteiger partial charge in [-0.3, -0.25) is 0 Å². The Morgan fingerprint density at radius 3 is 1.79 bits per heavy atom. The lowest BCUT2D eigenvalue weighted by molar-refractivity contribution is 1.57. The first-order valence-corrected chi connectivity index (χ1v) is 9.82. The average Bonchev–Trinajstić information content (AvgIpc) is 2.79. The Balaban J connectivity index is 1.56. The second kappa shape index (κ2) is 7.29. The summed E-state index contributed by atoms with van der Waals surface area (Å²) < 4.78 is 0. The molecule has 5 aromatic carbocycles. The number of hydrogen-bond acceptors (Lipinski definition) is 1. The van der Waals surface area contributed by atoms with E-state index in [0.29, 0.717) is 0 Å². The van der Waals surface area contributed by atoms with E-state index in [0.717, 1.165) is 11.3 Å². The van der Waals surface area contributed by atoms with Crippen LogP contribution in [0.1, 0.15) is 0 Å². The van der Waals surface area contributed by atoms with Crippen LogP contribution in [0.25, 0.3) is 44.2 Å². The molecule has 0 unspecified atom stereocenters. The van der Waals surface area contributed by atoms with Crippen molar-refractivity contribution in [1.82, 2.24) is 0 Å². The molecule has 0 saturated carbocycles. The number of nitrogens with two attached hydrogens (primary N) is 1. The van der Waals surface area contributed by atoms with Crippen molar-refractivity contribution in [1.29, 1.82) is 0 Å². The summed E-state index contributed by atoms with van der Waals surface area (Å²) in [6.07, 6.45) is 0. The van der Waals surface area contributed by atoms with Crippen LogP contribution in [0.2, 0.25) is 0 Å². The summed E-state index contributed by atoms with van der Waals surface area (Å²) >= 11 is 0. The quantitative estimate of drug-likeness (QED) is 0.328. The van der Waals surface area contributed by atoms with Gasteiger partial charge in [-0.05, 0) is 62.4 Å². The third kappa shape index (κ3) is 3.39. The molecule has 2 N–H and O–H groups in total. The minimum absolute atomic E-state index is 0.776. The van der Waals surface area contributed by atoms with Crippen LogP contribution in [-0.2, 0) is 0 Å². The lowest BCUT2D eigenvalue weighted by Crippen LogP contribution is -1.90. The van der Waals surface area contributed by atoms with Crippen LogP contribution in [-0.4, -0.2) is 0 Å². The van der Waals surface area contributed by atoms with Gasteiger partial charge in [0.15, 0.2) is 0 Å². The molecule has 29 heavy (non-hydrogen) atoms. The van der Waals surface area contributed by atoms with Crippen molar-refractivity contribution in [3.05, 3.63) is 115 Å². The Kier molecular flexibility index (Phi) is 4.34. The minimum Gasteiger partial charge on any atom is -0.399 e. The molecule has 0 heterocycles. The van der Waals surface area contributed by atoms with E-state index in [9.17, 15) is 0 Å².